The zero-order valence-corrected chi connectivity index (χ0v) is 10.8. The predicted octanol–water partition coefficient (Wildman–Crippen LogP) is 4.12. The topological polar surface area (TPSA) is 23.8 Å². The molecule has 0 bridgehead atoms. The van der Waals surface area contributed by atoms with Crippen LogP contribution in [-0.2, 0) is 5.88 Å². The molecule has 0 spiro atoms. The van der Waals surface area contributed by atoms with Gasteiger partial charge in [-0.3, -0.25) is 0 Å². The maximum absolute atomic E-state index is 8.96. The second-order valence-electron chi connectivity index (χ2n) is 2.83. The minimum atomic E-state index is 0.520. The average molecular weight is 334 g/mol. The Morgan fingerprint density at radius 2 is 2.29 bits per heavy atom. The van der Waals surface area contributed by atoms with Gasteiger partial charge in [-0.2, -0.15) is 5.26 Å². The Balaban J connectivity index is 2.76. The SMILES string of the molecule is N#Cc1c(I)sc2cc(CCl)ccc12. The van der Waals surface area contributed by atoms with E-state index in [1.54, 1.807) is 11.3 Å². The Hall–Kier alpha value is -0.310. The maximum Gasteiger partial charge on any atom is 0.102 e. The maximum atomic E-state index is 8.96. The van der Waals surface area contributed by atoms with Crippen molar-refractivity contribution in [2.75, 3.05) is 0 Å². The van der Waals surface area contributed by atoms with E-state index in [9.17, 15) is 0 Å². The number of rotatable bonds is 1. The first-order chi connectivity index (χ1) is 6.76. The molecule has 0 N–H and O–H groups in total. The van der Waals surface area contributed by atoms with Gasteiger partial charge in [0.05, 0.1) is 8.45 Å². The second-order valence-corrected chi connectivity index (χ2v) is 5.96. The summed E-state index contributed by atoms with van der Waals surface area (Å²) in [6.45, 7) is 0. The van der Waals surface area contributed by atoms with Gasteiger partial charge in [0.2, 0.25) is 0 Å². The smallest absolute Gasteiger partial charge is 0.102 e. The van der Waals surface area contributed by atoms with Gasteiger partial charge in [-0.25, -0.2) is 0 Å². The van der Waals surface area contributed by atoms with Crippen LogP contribution < -0.4 is 0 Å². The van der Waals surface area contributed by atoms with Crippen molar-refractivity contribution in [2.24, 2.45) is 0 Å². The zero-order chi connectivity index (χ0) is 10.1. The van der Waals surface area contributed by atoms with E-state index < -0.39 is 0 Å². The summed E-state index contributed by atoms with van der Waals surface area (Å²) in [6.07, 6.45) is 0. The monoisotopic (exact) mass is 333 g/mol. The van der Waals surface area contributed by atoms with Gasteiger partial charge in [0.1, 0.15) is 6.07 Å². The van der Waals surface area contributed by atoms with Gasteiger partial charge in [0.25, 0.3) is 0 Å². The molecule has 0 atom stereocenters. The predicted molar refractivity (Wildman–Crippen MR) is 68.8 cm³/mol. The van der Waals surface area contributed by atoms with Gasteiger partial charge in [-0.1, -0.05) is 12.1 Å². The first-order valence-electron chi connectivity index (χ1n) is 3.93. The van der Waals surface area contributed by atoms with Crippen LogP contribution in [0.4, 0.5) is 0 Å². The number of hydrogen-bond acceptors (Lipinski definition) is 2. The van der Waals surface area contributed by atoms with Crippen LogP contribution in [-0.4, -0.2) is 0 Å². The molecule has 2 aromatic rings. The summed E-state index contributed by atoms with van der Waals surface area (Å²) in [5.41, 5.74) is 1.88. The minimum Gasteiger partial charge on any atom is -0.192 e. The van der Waals surface area contributed by atoms with Gasteiger partial charge < -0.3 is 0 Å². The molecular weight excluding hydrogens is 329 g/mol. The highest BCUT2D eigenvalue weighted by atomic mass is 127. The fourth-order valence-corrected chi connectivity index (χ4v) is 3.53. The summed E-state index contributed by atoms with van der Waals surface area (Å²) in [4.78, 5) is 0. The number of nitriles is 1. The van der Waals surface area contributed by atoms with Crippen molar-refractivity contribution in [3.05, 3.63) is 32.2 Å². The number of benzene rings is 1. The Kier molecular flexibility index (Phi) is 2.96. The Bertz CT molecular complexity index is 527. The fraction of sp³-hybridized carbons (Fsp3) is 0.100. The van der Waals surface area contributed by atoms with E-state index in [0.29, 0.717) is 5.88 Å². The molecule has 1 heterocycles. The third-order valence-electron chi connectivity index (χ3n) is 1.98. The molecule has 0 aliphatic carbocycles. The lowest BCUT2D eigenvalue weighted by Gasteiger charge is -1.94. The molecule has 0 saturated heterocycles. The van der Waals surface area contributed by atoms with Crippen molar-refractivity contribution in [2.45, 2.75) is 5.88 Å². The molecule has 14 heavy (non-hydrogen) atoms. The molecule has 1 aromatic heterocycles. The lowest BCUT2D eigenvalue weighted by atomic mass is 10.1. The van der Waals surface area contributed by atoms with Gasteiger partial charge in [0, 0.05) is 16.0 Å². The van der Waals surface area contributed by atoms with Crippen LogP contribution in [0.2, 0.25) is 0 Å². The average Bonchev–Trinajstić information content (AvgIpc) is 2.51. The molecule has 1 nitrogen and oxygen atoms in total. The number of nitrogens with zero attached hydrogens (tertiary/aromatic N) is 1. The molecular formula is C10H5ClINS. The first kappa shape index (κ1) is 10.2. The van der Waals surface area contributed by atoms with E-state index in [0.717, 1.165) is 24.1 Å². The molecule has 0 aliphatic rings. The third-order valence-corrected chi connectivity index (χ3v) is 4.43. The van der Waals surface area contributed by atoms with E-state index in [4.69, 9.17) is 16.9 Å². The quantitative estimate of drug-likeness (QED) is 0.569. The van der Waals surface area contributed by atoms with Crippen LogP contribution in [0.3, 0.4) is 0 Å². The Morgan fingerprint density at radius 3 is 2.93 bits per heavy atom. The van der Waals surface area contributed by atoms with Crippen LogP contribution in [0, 0.1) is 14.2 Å². The molecule has 0 fully saturated rings. The van der Waals surface area contributed by atoms with E-state index in [1.807, 2.05) is 12.1 Å². The van der Waals surface area contributed by atoms with Crippen LogP contribution in [0.15, 0.2) is 18.2 Å². The summed E-state index contributed by atoms with van der Waals surface area (Å²) in [5, 5.41) is 10.00. The number of thiophene rings is 1. The van der Waals surface area contributed by atoms with Crippen LogP contribution in [0.5, 0.6) is 0 Å². The van der Waals surface area contributed by atoms with Gasteiger partial charge in [0.15, 0.2) is 0 Å². The van der Waals surface area contributed by atoms with Crippen LogP contribution >= 0.6 is 45.5 Å². The second kappa shape index (κ2) is 4.05. The highest BCUT2D eigenvalue weighted by Crippen LogP contribution is 2.32. The normalized spacial score (nSPS) is 10.4. The first-order valence-corrected chi connectivity index (χ1v) is 6.36. The molecule has 0 radical (unpaired) electrons. The lowest BCUT2D eigenvalue weighted by molar-refractivity contribution is 1.43. The summed E-state index contributed by atoms with van der Waals surface area (Å²) in [7, 11) is 0. The van der Waals surface area contributed by atoms with Crippen molar-refractivity contribution in [3.8, 4) is 6.07 Å². The number of alkyl halides is 1. The Morgan fingerprint density at radius 1 is 1.50 bits per heavy atom. The van der Waals surface area contributed by atoms with Crippen molar-refractivity contribution in [3.63, 3.8) is 0 Å². The number of halogens is 2. The highest BCUT2D eigenvalue weighted by Gasteiger charge is 2.09. The fourth-order valence-electron chi connectivity index (χ4n) is 1.30. The van der Waals surface area contributed by atoms with E-state index in [1.165, 1.54) is 0 Å². The van der Waals surface area contributed by atoms with Gasteiger partial charge in [-0.05, 0) is 34.2 Å². The molecule has 0 unspecified atom stereocenters. The van der Waals surface area contributed by atoms with Crippen molar-refractivity contribution < 1.29 is 0 Å². The van der Waals surface area contributed by atoms with E-state index >= 15 is 0 Å². The largest absolute Gasteiger partial charge is 0.192 e. The summed E-state index contributed by atoms with van der Waals surface area (Å²) in [6, 6.07) is 8.22. The summed E-state index contributed by atoms with van der Waals surface area (Å²) < 4.78 is 2.19. The zero-order valence-electron chi connectivity index (χ0n) is 7.05. The van der Waals surface area contributed by atoms with Crippen LogP contribution in [0.25, 0.3) is 10.1 Å². The van der Waals surface area contributed by atoms with Crippen molar-refractivity contribution in [1.29, 1.82) is 5.26 Å². The standard InChI is InChI=1S/C10H5ClINS/c11-4-6-1-2-7-8(5-13)10(12)14-9(7)3-6/h1-3H,4H2. The van der Waals surface area contributed by atoms with Gasteiger partial charge in [-0.15, -0.1) is 22.9 Å². The highest BCUT2D eigenvalue weighted by molar-refractivity contribution is 14.1. The number of hydrogen-bond donors (Lipinski definition) is 0. The van der Waals surface area contributed by atoms with E-state index in [2.05, 4.69) is 34.7 Å². The molecule has 70 valence electrons. The molecule has 0 saturated carbocycles. The molecule has 0 aliphatic heterocycles. The molecule has 4 heteroatoms. The Labute approximate surface area is 104 Å². The molecule has 0 amide bonds. The van der Waals surface area contributed by atoms with Crippen molar-refractivity contribution >= 4 is 55.6 Å². The summed E-state index contributed by atoms with van der Waals surface area (Å²) >= 11 is 9.58. The van der Waals surface area contributed by atoms with E-state index in [-0.39, 0.29) is 0 Å². The number of fused-ring (bicyclic) bond motifs is 1. The van der Waals surface area contributed by atoms with Crippen LogP contribution in [0.1, 0.15) is 11.1 Å². The minimum absolute atomic E-state index is 0.520. The van der Waals surface area contributed by atoms with Crippen molar-refractivity contribution in [1.82, 2.24) is 0 Å². The lowest BCUT2D eigenvalue weighted by Crippen LogP contribution is -1.76. The molecule has 2 rings (SSSR count). The van der Waals surface area contributed by atoms with Gasteiger partial charge >= 0.3 is 0 Å². The summed E-state index contributed by atoms with van der Waals surface area (Å²) in [5.74, 6) is 0.520. The molecule has 1 aromatic carbocycles. The third kappa shape index (κ3) is 1.62.